The smallest absolute Gasteiger partial charge is 0.333 e. The second kappa shape index (κ2) is 6.61. The van der Waals surface area contributed by atoms with Crippen molar-refractivity contribution in [3.63, 3.8) is 0 Å². The van der Waals surface area contributed by atoms with Gasteiger partial charge in [-0.15, -0.1) is 0 Å². The second-order valence-corrected chi connectivity index (χ2v) is 5.30. The highest BCUT2D eigenvalue weighted by atomic mass is 16.5. The number of hydrogen-bond donors (Lipinski definition) is 2. The molecular formula is C15H23N3O2. The molecule has 0 radical (unpaired) electrons. The fourth-order valence-corrected chi connectivity index (χ4v) is 2.66. The standard InChI is InChI=1S/C15H23N3O2/c1-11-7-6-8-12(2)18(11)17-15(19)16-13-9-4-5-10-14(13)20-3/h4-5,9-12H,6-8H2,1-3H3,(H2,16,17,19)/t11-,12-/m0/s1. The van der Waals surface area contributed by atoms with E-state index in [1.165, 1.54) is 6.42 Å². The number of rotatable bonds is 3. The quantitative estimate of drug-likeness (QED) is 0.893. The number of nitrogens with one attached hydrogen (secondary N) is 2. The third-order valence-corrected chi connectivity index (χ3v) is 3.78. The summed E-state index contributed by atoms with van der Waals surface area (Å²) in [5.41, 5.74) is 3.62. The van der Waals surface area contributed by atoms with Gasteiger partial charge in [0.05, 0.1) is 12.8 Å². The monoisotopic (exact) mass is 277 g/mol. The Balaban J connectivity index is 1.98. The summed E-state index contributed by atoms with van der Waals surface area (Å²) >= 11 is 0. The summed E-state index contributed by atoms with van der Waals surface area (Å²) < 4.78 is 5.22. The van der Waals surface area contributed by atoms with Gasteiger partial charge < -0.3 is 10.1 Å². The van der Waals surface area contributed by atoms with Gasteiger partial charge in [-0.25, -0.2) is 9.80 Å². The maximum absolute atomic E-state index is 12.1. The van der Waals surface area contributed by atoms with Gasteiger partial charge in [-0.3, -0.25) is 5.43 Å². The van der Waals surface area contributed by atoms with Crippen molar-refractivity contribution >= 4 is 11.7 Å². The molecule has 0 saturated carbocycles. The maximum Gasteiger partial charge on any atom is 0.333 e. The number of methoxy groups -OCH3 is 1. The molecule has 0 unspecified atom stereocenters. The van der Waals surface area contributed by atoms with E-state index < -0.39 is 0 Å². The van der Waals surface area contributed by atoms with Crippen molar-refractivity contribution in [2.45, 2.75) is 45.2 Å². The van der Waals surface area contributed by atoms with Crippen LogP contribution >= 0.6 is 0 Å². The molecule has 0 bridgehead atoms. The largest absolute Gasteiger partial charge is 0.495 e. The molecule has 5 heteroatoms. The van der Waals surface area contributed by atoms with Gasteiger partial charge in [0.1, 0.15) is 5.75 Å². The van der Waals surface area contributed by atoms with Gasteiger partial charge in [0.15, 0.2) is 0 Å². The van der Waals surface area contributed by atoms with Crippen molar-refractivity contribution in [2.24, 2.45) is 0 Å². The van der Waals surface area contributed by atoms with E-state index in [1.807, 2.05) is 29.3 Å². The second-order valence-electron chi connectivity index (χ2n) is 5.30. The van der Waals surface area contributed by atoms with Crippen molar-refractivity contribution < 1.29 is 9.53 Å². The van der Waals surface area contributed by atoms with Crippen LogP contribution in [0.25, 0.3) is 0 Å². The summed E-state index contributed by atoms with van der Waals surface area (Å²) in [6, 6.07) is 7.88. The predicted octanol–water partition coefficient (Wildman–Crippen LogP) is 2.99. The van der Waals surface area contributed by atoms with E-state index >= 15 is 0 Å². The Morgan fingerprint density at radius 1 is 1.25 bits per heavy atom. The van der Waals surface area contributed by atoms with Crippen molar-refractivity contribution in [1.82, 2.24) is 10.4 Å². The van der Waals surface area contributed by atoms with Crippen LogP contribution in [-0.2, 0) is 0 Å². The maximum atomic E-state index is 12.1. The minimum Gasteiger partial charge on any atom is -0.495 e. The molecule has 1 aromatic carbocycles. The zero-order chi connectivity index (χ0) is 14.5. The molecular weight excluding hydrogens is 254 g/mol. The lowest BCUT2D eigenvalue weighted by Crippen LogP contribution is -2.55. The van der Waals surface area contributed by atoms with E-state index in [4.69, 9.17) is 4.74 Å². The van der Waals surface area contributed by atoms with Crippen molar-refractivity contribution in [2.75, 3.05) is 12.4 Å². The van der Waals surface area contributed by atoms with Gasteiger partial charge in [-0.05, 0) is 38.8 Å². The Kier molecular flexibility index (Phi) is 4.84. The Morgan fingerprint density at radius 3 is 2.55 bits per heavy atom. The Labute approximate surface area is 120 Å². The first-order chi connectivity index (χ1) is 9.61. The van der Waals surface area contributed by atoms with Crippen molar-refractivity contribution in [3.05, 3.63) is 24.3 Å². The zero-order valence-corrected chi connectivity index (χ0v) is 12.3. The molecule has 2 amide bonds. The number of para-hydroxylation sites is 2. The topological polar surface area (TPSA) is 53.6 Å². The van der Waals surface area contributed by atoms with Crippen LogP contribution in [0.1, 0.15) is 33.1 Å². The lowest BCUT2D eigenvalue weighted by molar-refractivity contribution is 0.0625. The van der Waals surface area contributed by atoms with Crippen LogP contribution < -0.4 is 15.5 Å². The number of piperidine rings is 1. The van der Waals surface area contributed by atoms with E-state index in [9.17, 15) is 4.79 Å². The molecule has 2 atom stereocenters. The SMILES string of the molecule is COc1ccccc1NC(=O)NN1[C@@H](C)CCC[C@@H]1C. The van der Waals surface area contributed by atoms with Crippen LogP contribution in [0.3, 0.4) is 0 Å². The molecule has 2 rings (SSSR count). The molecule has 5 nitrogen and oxygen atoms in total. The number of urea groups is 1. The fourth-order valence-electron chi connectivity index (χ4n) is 2.66. The van der Waals surface area contributed by atoms with Gasteiger partial charge in [0.2, 0.25) is 0 Å². The first-order valence-electron chi connectivity index (χ1n) is 7.11. The molecule has 20 heavy (non-hydrogen) atoms. The molecule has 1 heterocycles. The van der Waals surface area contributed by atoms with Gasteiger partial charge in [0.25, 0.3) is 0 Å². The molecule has 1 saturated heterocycles. The molecule has 110 valence electrons. The molecule has 1 fully saturated rings. The van der Waals surface area contributed by atoms with E-state index in [0.717, 1.165) is 12.8 Å². The number of hydrazine groups is 1. The van der Waals surface area contributed by atoms with Gasteiger partial charge in [-0.1, -0.05) is 18.6 Å². The summed E-state index contributed by atoms with van der Waals surface area (Å²) in [6.45, 7) is 4.28. The van der Waals surface area contributed by atoms with Crippen molar-refractivity contribution in [3.8, 4) is 5.75 Å². The lowest BCUT2D eigenvalue weighted by atomic mass is 10.00. The predicted molar refractivity (Wildman–Crippen MR) is 79.8 cm³/mol. The summed E-state index contributed by atoms with van der Waals surface area (Å²) in [5.74, 6) is 0.655. The number of nitrogens with zero attached hydrogens (tertiary/aromatic N) is 1. The van der Waals surface area contributed by atoms with E-state index in [1.54, 1.807) is 7.11 Å². The van der Waals surface area contributed by atoms with Crippen LogP contribution in [0, 0.1) is 0 Å². The van der Waals surface area contributed by atoms with Crippen LogP contribution in [-0.4, -0.2) is 30.2 Å². The Morgan fingerprint density at radius 2 is 1.90 bits per heavy atom. The van der Waals surface area contributed by atoms with Crippen LogP contribution in [0.2, 0.25) is 0 Å². The Hall–Kier alpha value is -1.75. The molecule has 1 aliphatic heterocycles. The minimum atomic E-state index is -0.227. The third kappa shape index (κ3) is 3.42. The van der Waals surface area contributed by atoms with E-state index in [0.29, 0.717) is 23.5 Å². The fraction of sp³-hybridized carbons (Fsp3) is 0.533. The highest BCUT2D eigenvalue weighted by Crippen LogP contribution is 2.23. The molecule has 0 aromatic heterocycles. The van der Waals surface area contributed by atoms with E-state index in [-0.39, 0.29) is 6.03 Å². The number of carbonyl (C=O) groups is 1. The van der Waals surface area contributed by atoms with Crippen molar-refractivity contribution in [1.29, 1.82) is 0 Å². The molecule has 1 aromatic rings. The van der Waals surface area contributed by atoms with Crippen LogP contribution in [0.5, 0.6) is 5.75 Å². The summed E-state index contributed by atoms with van der Waals surface area (Å²) in [5, 5.41) is 4.87. The molecule has 0 aliphatic carbocycles. The van der Waals surface area contributed by atoms with Gasteiger partial charge in [0, 0.05) is 12.1 Å². The first-order valence-corrected chi connectivity index (χ1v) is 7.11. The van der Waals surface area contributed by atoms with Gasteiger partial charge in [-0.2, -0.15) is 0 Å². The summed E-state index contributed by atoms with van der Waals surface area (Å²) in [6.07, 6.45) is 3.44. The average Bonchev–Trinajstić information content (AvgIpc) is 2.44. The summed E-state index contributed by atoms with van der Waals surface area (Å²) in [4.78, 5) is 12.1. The summed E-state index contributed by atoms with van der Waals surface area (Å²) in [7, 11) is 1.59. The van der Waals surface area contributed by atoms with Gasteiger partial charge >= 0.3 is 6.03 Å². The third-order valence-electron chi connectivity index (χ3n) is 3.78. The number of ether oxygens (including phenoxy) is 1. The molecule has 1 aliphatic rings. The van der Waals surface area contributed by atoms with E-state index in [2.05, 4.69) is 24.6 Å². The van der Waals surface area contributed by atoms with Crippen LogP contribution in [0.4, 0.5) is 10.5 Å². The zero-order valence-electron chi connectivity index (χ0n) is 12.3. The number of amides is 2. The lowest BCUT2D eigenvalue weighted by Gasteiger charge is -2.38. The first kappa shape index (κ1) is 14.7. The van der Waals surface area contributed by atoms with Crippen LogP contribution in [0.15, 0.2) is 24.3 Å². The molecule has 2 N–H and O–H groups in total. The highest BCUT2D eigenvalue weighted by Gasteiger charge is 2.26. The Bertz CT molecular complexity index is 454. The number of anilines is 1. The highest BCUT2D eigenvalue weighted by molar-refractivity contribution is 5.90. The number of carbonyl (C=O) groups excluding carboxylic acids is 1. The number of benzene rings is 1. The normalized spacial score (nSPS) is 23.1. The molecule has 0 spiro atoms. The minimum absolute atomic E-state index is 0.227. The average molecular weight is 277 g/mol. The number of hydrogen-bond acceptors (Lipinski definition) is 3.